The van der Waals surface area contributed by atoms with Crippen LogP contribution in [0.3, 0.4) is 0 Å². The number of rotatable bonds is 6. The van der Waals surface area contributed by atoms with Crippen molar-refractivity contribution in [2.75, 3.05) is 39.4 Å². The van der Waals surface area contributed by atoms with Gasteiger partial charge in [-0.3, -0.25) is 4.99 Å². The minimum atomic E-state index is -0.494. The zero-order valence-corrected chi connectivity index (χ0v) is 20.5. The fraction of sp³-hybridized carbons (Fsp3) is 0.900. The number of carbonyl (C=O) groups is 1. The third kappa shape index (κ3) is 7.93. The van der Waals surface area contributed by atoms with Crippen molar-refractivity contribution >= 4 is 36.0 Å². The van der Waals surface area contributed by atoms with E-state index in [2.05, 4.69) is 29.4 Å². The molecule has 2 rings (SSSR count). The molecule has 7 nitrogen and oxygen atoms in total. The number of halogens is 1. The van der Waals surface area contributed by atoms with Crippen molar-refractivity contribution in [2.45, 2.75) is 71.9 Å². The van der Waals surface area contributed by atoms with E-state index in [9.17, 15) is 4.79 Å². The van der Waals surface area contributed by atoms with Crippen LogP contribution in [0.15, 0.2) is 4.99 Å². The number of alkyl carbamates (subject to hydrolysis) is 1. The molecule has 0 aromatic carbocycles. The summed E-state index contributed by atoms with van der Waals surface area (Å²) in [7, 11) is 0. The molecule has 2 N–H and O–H groups in total. The standard InChI is InChI=1S/C20H38N4O3.HI/c1-6-8-16(23-18(25)27-19(3,4)5)13-22-17(21-7-2)24-11-9-20(14-24)10-12-26-15-20;/h16H,6-15H2,1-5H3,(H,21,22)(H,23,25);1H. The second-order valence-corrected chi connectivity index (χ2v) is 8.80. The van der Waals surface area contributed by atoms with Crippen molar-refractivity contribution in [3.05, 3.63) is 0 Å². The van der Waals surface area contributed by atoms with E-state index in [-0.39, 0.29) is 36.1 Å². The zero-order chi connectivity index (χ0) is 19.9. The maximum Gasteiger partial charge on any atom is 0.407 e. The highest BCUT2D eigenvalue weighted by Gasteiger charge is 2.42. The van der Waals surface area contributed by atoms with Gasteiger partial charge in [0, 0.05) is 31.7 Å². The molecule has 8 heteroatoms. The summed E-state index contributed by atoms with van der Waals surface area (Å²) in [5, 5.41) is 6.39. The summed E-state index contributed by atoms with van der Waals surface area (Å²) < 4.78 is 11.0. The molecule has 0 aromatic heterocycles. The SMILES string of the molecule is CCCC(CN=C(NCC)N1CCC2(CCOC2)C1)NC(=O)OC(C)(C)C.I. The Bertz CT molecular complexity index is 516. The number of carbonyl (C=O) groups excluding carboxylic acids is 1. The van der Waals surface area contributed by atoms with E-state index in [1.54, 1.807) is 0 Å². The third-order valence-electron chi connectivity index (χ3n) is 5.08. The maximum atomic E-state index is 12.1. The van der Waals surface area contributed by atoms with Gasteiger partial charge in [-0.1, -0.05) is 13.3 Å². The Morgan fingerprint density at radius 1 is 1.32 bits per heavy atom. The van der Waals surface area contributed by atoms with Gasteiger partial charge in [0.05, 0.1) is 19.2 Å². The number of likely N-dealkylation sites (tertiary alicyclic amines) is 1. The van der Waals surface area contributed by atoms with E-state index in [1.807, 2.05) is 20.8 Å². The fourth-order valence-electron chi connectivity index (χ4n) is 3.74. The normalized spacial score (nSPS) is 23.5. The van der Waals surface area contributed by atoms with Crippen LogP contribution in [-0.2, 0) is 9.47 Å². The van der Waals surface area contributed by atoms with Crippen LogP contribution < -0.4 is 10.6 Å². The Hall–Kier alpha value is -0.770. The molecule has 2 fully saturated rings. The lowest BCUT2D eigenvalue weighted by molar-refractivity contribution is 0.0503. The summed E-state index contributed by atoms with van der Waals surface area (Å²) in [6.45, 7) is 14.9. The highest BCUT2D eigenvalue weighted by Crippen LogP contribution is 2.38. The second-order valence-electron chi connectivity index (χ2n) is 8.80. The molecule has 2 unspecified atom stereocenters. The molecule has 2 aliphatic rings. The summed E-state index contributed by atoms with van der Waals surface area (Å²) in [4.78, 5) is 19.3. The highest BCUT2D eigenvalue weighted by atomic mass is 127. The number of nitrogens with one attached hydrogen (secondary N) is 2. The lowest BCUT2D eigenvalue weighted by Crippen LogP contribution is -2.44. The van der Waals surface area contributed by atoms with Gasteiger partial charge < -0.3 is 25.0 Å². The Morgan fingerprint density at radius 3 is 2.64 bits per heavy atom. The van der Waals surface area contributed by atoms with Crippen LogP contribution in [-0.4, -0.2) is 68.0 Å². The summed E-state index contributed by atoms with van der Waals surface area (Å²) >= 11 is 0. The minimum absolute atomic E-state index is 0. The average molecular weight is 510 g/mol. The quantitative estimate of drug-likeness (QED) is 0.326. The van der Waals surface area contributed by atoms with Crippen molar-refractivity contribution in [1.29, 1.82) is 0 Å². The van der Waals surface area contributed by atoms with Crippen molar-refractivity contribution in [3.8, 4) is 0 Å². The van der Waals surface area contributed by atoms with Crippen LogP contribution >= 0.6 is 24.0 Å². The monoisotopic (exact) mass is 510 g/mol. The minimum Gasteiger partial charge on any atom is -0.444 e. The van der Waals surface area contributed by atoms with Crippen molar-refractivity contribution in [1.82, 2.24) is 15.5 Å². The predicted octanol–water partition coefficient (Wildman–Crippen LogP) is 3.38. The topological polar surface area (TPSA) is 75.2 Å². The molecule has 0 saturated carbocycles. The van der Waals surface area contributed by atoms with Gasteiger partial charge in [0.15, 0.2) is 5.96 Å². The van der Waals surface area contributed by atoms with Gasteiger partial charge in [0.2, 0.25) is 0 Å². The first-order valence-corrected chi connectivity index (χ1v) is 10.4. The molecule has 28 heavy (non-hydrogen) atoms. The van der Waals surface area contributed by atoms with Crippen LogP contribution in [0.5, 0.6) is 0 Å². The Labute approximate surface area is 187 Å². The maximum absolute atomic E-state index is 12.1. The number of guanidine groups is 1. The molecule has 1 amide bonds. The molecule has 2 aliphatic heterocycles. The van der Waals surface area contributed by atoms with E-state index in [1.165, 1.54) is 0 Å². The third-order valence-corrected chi connectivity index (χ3v) is 5.08. The highest BCUT2D eigenvalue weighted by molar-refractivity contribution is 14.0. The van der Waals surface area contributed by atoms with Crippen LogP contribution in [0.4, 0.5) is 4.79 Å². The van der Waals surface area contributed by atoms with Gasteiger partial charge in [0.1, 0.15) is 5.60 Å². The number of aliphatic imine (C=N–C) groups is 1. The summed E-state index contributed by atoms with van der Waals surface area (Å²) in [5.74, 6) is 0.938. The van der Waals surface area contributed by atoms with E-state index >= 15 is 0 Å². The molecule has 0 bridgehead atoms. The summed E-state index contributed by atoms with van der Waals surface area (Å²) in [5.41, 5.74) is -0.194. The fourth-order valence-corrected chi connectivity index (χ4v) is 3.74. The Kier molecular flexibility index (Phi) is 10.3. The van der Waals surface area contributed by atoms with E-state index in [0.29, 0.717) is 12.0 Å². The van der Waals surface area contributed by atoms with E-state index in [4.69, 9.17) is 14.5 Å². The van der Waals surface area contributed by atoms with Crippen molar-refractivity contribution < 1.29 is 14.3 Å². The number of ether oxygens (including phenoxy) is 2. The van der Waals surface area contributed by atoms with E-state index in [0.717, 1.165) is 64.5 Å². The predicted molar refractivity (Wildman–Crippen MR) is 124 cm³/mol. The van der Waals surface area contributed by atoms with Crippen LogP contribution in [0, 0.1) is 5.41 Å². The van der Waals surface area contributed by atoms with E-state index < -0.39 is 5.60 Å². The van der Waals surface area contributed by atoms with Crippen LogP contribution in [0.2, 0.25) is 0 Å². The number of nitrogens with zero attached hydrogens (tertiary/aromatic N) is 2. The molecule has 2 saturated heterocycles. The molecule has 164 valence electrons. The number of amides is 1. The van der Waals surface area contributed by atoms with Crippen molar-refractivity contribution in [2.24, 2.45) is 10.4 Å². The zero-order valence-electron chi connectivity index (χ0n) is 18.2. The van der Waals surface area contributed by atoms with Gasteiger partial charge in [-0.2, -0.15) is 0 Å². The van der Waals surface area contributed by atoms with Gasteiger partial charge in [0.25, 0.3) is 0 Å². The first-order chi connectivity index (χ1) is 12.8. The molecular weight excluding hydrogens is 471 g/mol. The van der Waals surface area contributed by atoms with Gasteiger partial charge in [-0.25, -0.2) is 4.79 Å². The lowest BCUT2D eigenvalue weighted by atomic mass is 9.87. The lowest BCUT2D eigenvalue weighted by Gasteiger charge is -2.26. The van der Waals surface area contributed by atoms with Crippen LogP contribution in [0.25, 0.3) is 0 Å². The van der Waals surface area contributed by atoms with Crippen molar-refractivity contribution in [3.63, 3.8) is 0 Å². The first-order valence-electron chi connectivity index (χ1n) is 10.4. The molecule has 0 aromatic rings. The summed E-state index contributed by atoms with van der Waals surface area (Å²) in [6, 6.07) is -0.0233. The van der Waals surface area contributed by atoms with Gasteiger partial charge in [-0.05, 0) is 47.0 Å². The first kappa shape index (κ1) is 25.3. The van der Waals surface area contributed by atoms with Crippen LogP contribution in [0.1, 0.15) is 60.3 Å². The molecular formula is C20H39IN4O3. The molecule has 2 heterocycles. The average Bonchev–Trinajstić information content (AvgIpc) is 3.20. The van der Waals surface area contributed by atoms with Gasteiger partial charge >= 0.3 is 6.09 Å². The summed E-state index contributed by atoms with van der Waals surface area (Å²) in [6.07, 6.45) is 3.79. The number of hydrogen-bond donors (Lipinski definition) is 2. The Balaban J connectivity index is 0.00000392. The molecule has 1 spiro atoms. The Morgan fingerprint density at radius 2 is 2.07 bits per heavy atom. The smallest absolute Gasteiger partial charge is 0.407 e. The second kappa shape index (κ2) is 11.4. The largest absolute Gasteiger partial charge is 0.444 e. The molecule has 0 radical (unpaired) electrons. The van der Waals surface area contributed by atoms with Gasteiger partial charge in [-0.15, -0.1) is 24.0 Å². The molecule has 2 atom stereocenters. The molecule has 0 aliphatic carbocycles. The number of hydrogen-bond acceptors (Lipinski definition) is 4.